The number of nitrogens with two attached hydrogens (primary N) is 1. The molecule has 0 heterocycles. The van der Waals surface area contributed by atoms with E-state index in [1.807, 2.05) is 19.1 Å². The Labute approximate surface area is 122 Å². The van der Waals surface area contributed by atoms with Gasteiger partial charge in [-0.1, -0.05) is 29.8 Å². The minimum Gasteiger partial charge on any atom is -0.496 e. The Morgan fingerprint density at radius 3 is 2.65 bits per heavy atom. The highest BCUT2D eigenvalue weighted by Gasteiger charge is 2.21. The lowest BCUT2D eigenvalue weighted by Crippen LogP contribution is -2.30. The molecule has 0 bridgehead atoms. The van der Waals surface area contributed by atoms with Crippen molar-refractivity contribution in [3.63, 3.8) is 0 Å². The fourth-order valence-electron chi connectivity index (χ4n) is 2.11. The predicted octanol–water partition coefficient (Wildman–Crippen LogP) is 3.35. The predicted molar refractivity (Wildman–Crippen MR) is 78.3 cm³/mol. The minimum absolute atomic E-state index is 0.359. The van der Waals surface area contributed by atoms with Crippen molar-refractivity contribution in [1.29, 1.82) is 0 Å². The summed E-state index contributed by atoms with van der Waals surface area (Å²) < 4.78 is 19.3. The second kappa shape index (κ2) is 6.22. The molecule has 0 aliphatic rings. The van der Waals surface area contributed by atoms with Gasteiger partial charge in [0, 0.05) is 5.02 Å². The SMILES string of the molecule is COc1cccc(F)c1C(NN)c1ccc(C)c(Cl)c1. The molecule has 2 rings (SSSR count). The van der Waals surface area contributed by atoms with E-state index < -0.39 is 6.04 Å². The molecule has 0 spiro atoms. The average Bonchev–Trinajstić information content (AvgIpc) is 2.45. The molecule has 3 N–H and O–H groups in total. The van der Waals surface area contributed by atoms with Crippen molar-refractivity contribution in [2.24, 2.45) is 5.84 Å². The Bertz CT molecular complexity index is 619. The number of hydrogen-bond acceptors (Lipinski definition) is 3. The molecule has 0 aliphatic carbocycles. The first-order valence-corrected chi connectivity index (χ1v) is 6.51. The second-order valence-electron chi connectivity index (χ2n) is 4.46. The minimum atomic E-state index is -0.538. The van der Waals surface area contributed by atoms with Crippen LogP contribution in [0.25, 0.3) is 0 Å². The van der Waals surface area contributed by atoms with Gasteiger partial charge in [-0.15, -0.1) is 0 Å². The third-order valence-electron chi connectivity index (χ3n) is 3.22. The summed E-state index contributed by atoms with van der Waals surface area (Å²) in [7, 11) is 1.49. The summed E-state index contributed by atoms with van der Waals surface area (Å²) in [5.41, 5.74) is 4.70. The summed E-state index contributed by atoms with van der Waals surface area (Å²) in [6.07, 6.45) is 0. The molecule has 5 heteroatoms. The molecule has 0 saturated heterocycles. The molecular weight excluding hydrogens is 279 g/mol. The molecule has 0 aromatic heterocycles. The standard InChI is InChI=1S/C15H16ClFN2O/c1-9-6-7-10(8-11(9)16)15(19-18)14-12(17)4-3-5-13(14)20-2/h3-8,15,19H,18H2,1-2H3. The Hall–Kier alpha value is -1.62. The summed E-state index contributed by atoms with van der Waals surface area (Å²) in [5, 5.41) is 0.609. The number of methoxy groups -OCH3 is 1. The zero-order valence-electron chi connectivity index (χ0n) is 11.3. The van der Waals surface area contributed by atoms with Crippen LogP contribution in [0.3, 0.4) is 0 Å². The van der Waals surface area contributed by atoms with Crippen LogP contribution < -0.4 is 16.0 Å². The number of nitrogens with one attached hydrogen (secondary N) is 1. The van der Waals surface area contributed by atoms with Gasteiger partial charge in [0.05, 0.1) is 18.7 Å². The van der Waals surface area contributed by atoms with Crippen LogP contribution in [0.2, 0.25) is 5.02 Å². The molecular formula is C15H16ClFN2O. The molecule has 20 heavy (non-hydrogen) atoms. The Morgan fingerprint density at radius 1 is 1.30 bits per heavy atom. The van der Waals surface area contributed by atoms with Crippen LogP contribution in [0.1, 0.15) is 22.7 Å². The first kappa shape index (κ1) is 14.8. The highest BCUT2D eigenvalue weighted by molar-refractivity contribution is 6.31. The van der Waals surface area contributed by atoms with Crippen molar-refractivity contribution in [3.8, 4) is 5.75 Å². The van der Waals surface area contributed by atoms with Crippen LogP contribution in [0, 0.1) is 12.7 Å². The van der Waals surface area contributed by atoms with Gasteiger partial charge in [0.15, 0.2) is 0 Å². The first-order chi connectivity index (χ1) is 9.58. The van der Waals surface area contributed by atoms with Crippen LogP contribution in [-0.2, 0) is 0 Å². The van der Waals surface area contributed by atoms with E-state index in [-0.39, 0.29) is 5.82 Å². The van der Waals surface area contributed by atoms with E-state index in [1.54, 1.807) is 18.2 Å². The maximum atomic E-state index is 14.1. The molecule has 0 aliphatic heterocycles. The molecule has 0 saturated carbocycles. The number of ether oxygens (including phenoxy) is 1. The van der Waals surface area contributed by atoms with E-state index in [9.17, 15) is 4.39 Å². The molecule has 0 amide bonds. The summed E-state index contributed by atoms with van der Waals surface area (Å²) in [4.78, 5) is 0. The summed E-state index contributed by atoms with van der Waals surface area (Å²) in [6.45, 7) is 1.90. The van der Waals surface area contributed by atoms with Crippen molar-refractivity contribution in [3.05, 3.63) is 63.9 Å². The van der Waals surface area contributed by atoms with Gasteiger partial charge in [0.1, 0.15) is 11.6 Å². The second-order valence-corrected chi connectivity index (χ2v) is 4.87. The maximum Gasteiger partial charge on any atom is 0.132 e. The molecule has 1 atom stereocenters. The van der Waals surface area contributed by atoms with E-state index in [0.717, 1.165) is 11.1 Å². The summed E-state index contributed by atoms with van der Waals surface area (Å²) in [6, 6.07) is 9.62. The number of rotatable bonds is 4. The Kier molecular flexibility index (Phi) is 4.60. The fourth-order valence-corrected chi connectivity index (χ4v) is 2.30. The van der Waals surface area contributed by atoms with Gasteiger partial charge in [-0.2, -0.15) is 0 Å². The van der Waals surface area contributed by atoms with Crippen LogP contribution in [0.15, 0.2) is 36.4 Å². The van der Waals surface area contributed by atoms with Crippen molar-refractivity contribution in [2.75, 3.05) is 7.11 Å². The van der Waals surface area contributed by atoms with Crippen LogP contribution in [0.5, 0.6) is 5.75 Å². The highest BCUT2D eigenvalue weighted by atomic mass is 35.5. The number of hydrogen-bond donors (Lipinski definition) is 2. The lowest BCUT2D eigenvalue weighted by Gasteiger charge is -2.20. The number of halogens is 2. The number of hydrazine groups is 1. The normalized spacial score (nSPS) is 12.2. The molecule has 2 aromatic rings. The molecule has 1 unspecified atom stereocenters. The quantitative estimate of drug-likeness (QED) is 0.671. The summed E-state index contributed by atoms with van der Waals surface area (Å²) >= 11 is 6.12. The van der Waals surface area contributed by atoms with Crippen LogP contribution in [-0.4, -0.2) is 7.11 Å². The largest absolute Gasteiger partial charge is 0.496 e. The van der Waals surface area contributed by atoms with Gasteiger partial charge in [0.25, 0.3) is 0 Å². The summed E-state index contributed by atoms with van der Waals surface area (Å²) in [5.74, 6) is 5.65. The first-order valence-electron chi connectivity index (χ1n) is 6.13. The van der Waals surface area contributed by atoms with Crippen molar-refractivity contribution >= 4 is 11.6 Å². The molecule has 106 valence electrons. The van der Waals surface area contributed by atoms with Crippen molar-refractivity contribution in [2.45, 2.75) is 13.0 Å². The maximum absolute atomic E-state index is 14.1. The zero-order valence-corrected chi connectivity index (χ0v) is 12.0. The monoisotopic (exact) mass is 294 g/mol. The van der Waals surface area contributed by atoms with Gasteiger partial charge in [-0.3, -0.25) is 5.84 Å². The lowest BCUT2D eigenvalue weighted by molar-refractivity contribution is 0.397. The molecule has 3 nitrogen and oxygen atoms in total. The zero-order chi connectivity index (χ0) is 14.7. The molecule has 2 aromatic carbocycles. The Balaban J connectivity index is 2.55. The van der Waals surface area contributed by atoms with Crippen molar-refractivity contribution < 1.29 is 9.13 Å². The average molecular weight is 295 g/mol. The van der Waals surface area contributed by atoms with Crippen LogP contribution in [0.4, 0.5) is 4.39 Å². The number of benzene rings is 2. The third kappa shape index (κ3) is 2.77. The van der Waals surface area contributed by atoms with Crippen LogP contribution >= 0.6 is 11.6 Å². The third-order valence-corrected chi connectivity index (χ3v) is 3.62. The van der Waals surface area contributed by atoms with Gasteiger partial charge in [0.2, 0.25) is 0 Å². The topological polar surface area (TPSA) is 47.3 Å². The van der Waals surface area contributed by atoms with E-state index in [4.69, 9.17) is 22.2 Å². The van der Waals surface area contributed by atoms with Gasteiger partial charge < -0.3 is 4.74 Å². The van der Waals surface area contributed by atoms with Gasteiger partial charge in [-0.25, -0.2) is 9.82 Å². The van der Waals surface area contributed by atoms with Crippen molar-refractivity contribution in [1.82, 2.24) is 5.43 Å². The van der Waals surface area contributed by atoms with E-state index in [0.29, 0.717) is 16.3 Å². The lowest BCUT2D eigenvalue weighted by atomic mass is 9.97. The smallest absolute Gasteiger partial charge is 0.132 e. The molecule has 0 fully saturated rings. The molecule has 0 radical (unpaired) electrons. The highest BCUT2D eigenvalue weighted by Crippen LogP contribution is 2.33. The van der Waals surface area contributed by atoms with E-state index in [2.05, 4.69) is 5.43 Å². The van der Waals surface area contributed by atoms with Gasteiger partial charge in [-0.05, 0) is 36.2 Å². The van der Waals surface area contributed by atoms with Gasteiger partial charge >= 0.3 is 0 Å². The Morgan fingerprint density at radius 2 is 2.05 bits per heavy atom. The fraction of sp³-hybridized carbons (Fsp3) is 0.200. The van der Waals surface area contributed by atoms with E-state index >= 15 is 0 Å². The van der Waals surface area contributed by atoms with E-state index in [1.165, 1.54) is 13.2 Å². The number of aryl methyl sites for hydroxylation is 1.